The van der Waals surface area contributed by atoms with E-state index in [2.05, 4.69) is 15.3 Å². The molecule has 0 aliphatic heterocycles. The summed E-state index contributed by atoms with van der Waals surface area (Å²) in [6.07, 6.45) is 1.47. The molecular formula is C18H18N2O5. The third-order valence-corrected chi connectivity index (χ3v) is 3.36. The molecule has 7 heteroatoms. The number of nitrogens with one attached hydrogen (secondary N) is 1. The average Bonchev–Trinajstić information content (AvgIpc) is 2.67. The van der Waals surface area contributed by atoms with Gasteiger partial charge in [-0.05, 0) is 35.9 Å². The highest BCUT2D eigenvalue weighted by molar-refractivity contribution is 5.95. The largest absolute Gasteiger partial charge is 0.493 e. The monoisotopic (exact) mass is 342 g/mol. The Kier molecular flexibility index (Phi) is 6.11. The number of benzene rings is 2. The molecule has 0 aromatic heterocycles. The lowest BCUT2D eigenvalue weighted by molar-refractivity contribution is 0.0600. The van der Waals surface area contributed by atoms with Crippen molar-refractivity contribution in [3.63, 3.8) is 0 Å². The Morgan fingerprint density at radius 3 is 2.16 bits per heavy atom. The van der Waals surface area contributed by atoms with Gasteiger partial charge in [0.15, 0.2) is 11.5 Å². The van der Waals surface area contributed by atoms with E-state index in [0.717, 1.165) is 5.56 Å². The summed E-state index contributed by atoms with van der Waals surface area (Å²) in [6, 6.07) is 11.4. The topological polar surface area (TPSA) is 86.2 Å². The fourth-order valence-corrected chi connectivity index (χ4v) is 2.03. The Bertz CT molecular complexity index is 785. The molecule has 0 saturated heterocycles. The summed E-state index contributed by atoms with van der Waals surface area (Å²) >= 11 is 0. The normalized spacial score (nSPS) is 10.4. The van der Waals surface area contributed by atoms with Crippen LogP contribution in [0.15, 0.2) is 47.6 Å². The minimum atomic E-state index is -0.412. The molecule has 0 atom stereocenters. The maximum absolute atomic E-state index is 12.1. The summed E-state index contributed by atoms with van der Waals surface area (Å²) < 4.78 is 14.9. The van der Waals surface area contributed by atoms with Crippen molar-refractivity contribution in [3.05, 3.63) is 59.2 Å². The van der Waals surface area contributed by atoms with Crippen LogP contribution in [-0.2, 0) is 4.74 Å². The second-order valence-corrected chi connectivity index (χ2v) is 4.88. The highest BCUT2D eigenvalue weighted by Crippen LogP contribution is 2.27. The van der Waals surface area contributed by atoms with E-state index in [1.165, 1.54) is 27.5 Å². The Labute approximate surface area is 145 Å². The molecule has 0 spiro atoms. The molecule has 2 aromatic carbocycles. The number of rotatable bonds is 6. The molecule has 0 bridgehead atoms. The number of hydrogen-bond acceptors (Lipinski definition) is 6. The minimum Gasteiger partial charge on any atom is -0.493 e. The Morgan fingerprint density at radius 1 is 0.920 bits per heavy atom. The van der Waals surface area contributed by atoms with Crippen molar-refractivity contribution in [1.82, 2.24) is 5.43 Å². The van der Waals surface area contributed by atoms with E-state index >= 15 is 0 Å². The van der Waals surface area contributed by atoms with Crippen LogP contribution in [0.5, 0.6) is 11.5 Å². The third-order valence-electron chi connectivity index (χ3n) is 3.36. The summed E-state index contributed by atoms with van der Waals surface area (Å²) in [5, 5.41) is 3.90. The zero-order chi connectivity index (χ0) is 18.2. The van der Waals surface area contributed by atoms with E-state index < -0.39 is 5.97 Å². The predicted octanol–water partition coefficient (Wildman–Crippen LogP) is 2.25. The first-order chi connectivity index (χ1) is 12.1. The molecule has 130 valence electrons. The van der Waals surface area contributed by atoms with Gasteiger partial charge in [-0.1, -0.05) is 12.1 Å². The standard InChI is InChI=1S/C18H18N2O5/c1-23-15-9-8-14(10-16(15)24-2)17(21)20-19-11-12-4-6-13(7-5-12)18(22)25-3/h4-11H,1-3H3,(H,20,21)/b19-11+. The molecular weight excluding hydrogens is 324 g/mol. The molecule has 0 heterocycles. The molecule has 1 amide bonds. The SMILES string of the molecule is COC(=O)c1ccc(/C=N/NC(=O)c2ccc(OC)c(OC)c2)cc1. The second kappa shape index (κ2) is 8.49. The number of nitrogens with zero attached hydrogens (tertiary/aromatic N) is 1. The highest BCUT2D eigenvalue weighted by Gasteiger charge is 2.10. The molecule has 1 N–H and O–H groups in total. The summed E-state index contributed by atoms with van der Waals surface area (Å²) in [5.74, 6) is 0.194. The van der Waals surface area contributed by atoms with Gasteiger partial charge in [0.25, 0.3) is 5.91 Å². The van der Waals surface area contributed by atoms with Crippen LogP contribution in [0.1, 0.15) is 26.3 Å². The van der Waals surface area contributed by atoms with Crippen molar-refractivity contribution in [2.45, 2.75) is 0 Å². The summed E-state index contributed by atoms with van der Waals surface area (Å²) in [4.78, 5) is 23.5. The van der Waals surface area contributed by atoms with Gasteiger partial charge in [0.2, 0.25) is 0 Å². The van der Waals surface area contributed by atoms with Crippen molar-refractivity contribution in [1.29, 1.82) is 0 Å². The fourth-order valence-electron chi connectivity index (χ4n) is 2.03. The zero-order valence-corrected chi connectivity index (χ0v) is 14.1. The van der Waals surface area contributed by atoms with E-state index in [4.69, 9.17) is 9.47 Å². The molecule has 2 rings (SSSR count). The molecule has 25 heavy (non-hydrogen) atoms. The van der Waals surface area contributed by atoms with Crippen LogP contribution in [0.3, 0.4) is 0 Å². The van der Waals surface area contributed by atoms with Gasteiger partial charge in [-0.2, -0.15) is 5.10 Å². The van der Waals surface area contributed by atoms with Gasteiger partial charge in [-0.15, -0.1) is 0 Å². The first-order valence-corrected chi connectivity index (χ1v) is 7.33. The molecule has 7 nitrogen and oxygen atoms in total. The second-order valence-electron chi connectivity index (χ2n) is 4.88. The Balaban J connectivity index is 2.01. The van der Waals surface area contributed by atoms with Gasteiger partial charge in [0.1, 0.15) is 0 Å². The molecule has 0 aliphatic rings. The zero-order valence-electron chi connectivity index (χ0n) is 14.1. The van der Waals surface area contributed by atoms with Gasteiger partial charge in [-0.3, -0.25) is 4.79 Å². The molecule has 0 aliphatic carbocycles. The highest BCUT2D eigenvalue weighted by atomic mass is 16.5. The predicted molar refractivity (Wildman–Crippen MR) is 92.4 cm³/mol. The summed E-state index contributed by atoms with van der Waals surface area (Å²) in [6.45, 7) is 0. The van der Waals surface area contributed by atoms with Crippen LogP contribution >= 0.6 is 0 Å². The quantitative estimate of drug-likeness (QED) is 0.494. The molecule has 0 unspecified atom stereocenters. The lowest BCUT2D eigenvalue weighted by atomic mass is 10.1. The number of carbonyl (C=O) groups excluding carboxylic acids is 2. The first-order valence-electron chi connectivity index (χ1n) is 7.33. The van der Waals surface area contributed by atoms with Crippen LogP contribution < -0.4 is 14.9 Å². The average molecular weight is 342 g/mol. The van der Waals surface area contributed by atoms with Crippen molar-refractivity contribution in [3.8, 4) is 11.5 Å². The first kappa shape index (κ1) is 18.0. The number of methoxy groups -OCH3 is 3. The number of ether oxygens (including phenoxy) is 3. The number of carbonyl (C=O) groups is 2. The van der Waals surface area contributed by atoms with E-state index in [1.54, 1.807) is 42.5 Å². The lowest BCUT2D eigenvalue weighted by Gasteiger charge is -2.08. The molecule has 0 saturated carbocycles. The number of hydrogen-bond donors (Lipinski definition) is 1. The van der Waals surface area contributed by atoms with Gasteiger partial charge < -0.3 is 14.2 Å². The lowest BCUT2D eigenvalue weighted by Crippen LogP contribution is -2.17. The van der Waals surface area contributed by atoms with Gasteiger partial charge in [-0.25, -0.2) is 10.2 Å². The van der Waals surface area contributed by atoms with Crippen molar-refractivity contribution in [2.24, 2.45) is 5.10 Å². The molecule has 0 radical (unpaired) electrons. The van der Waals surface area contributed by atoms with E-state index in [0.29, 0.717) is 22.6 Å². The number of hydrazone groups is 1. The fraction of sp³-hybridized carbons (Fsp3) is 0.167. The van der Waals surface area contributed by atoms with Crippen LogP contribution in [-0.4, -0.2) is 39.4 Å². The van der Waals surface area contributed by atoms with Crippen LogP contribution in [0.25, 0.3) is 0 Å². The summed E-state index contributed by atoms with van der Waals surface area (Å²) in [7, 11) is 4.34. The molecule has 2 aromatic rings. The summed E-state index contributed by atoms with van der Waals surface area (Å²) in [5.41, 5.74) is 3.97. The third kappa shape index (κ3) is 4.57. The van der Waals surface area contributed by atoms with E-state index in [1.807, 2.05) is 0 Å². The maximum atomic E-state index is 12.1. The van der Waals surface area contributed by atoms with Crippen molar-refractivity contribution < 1.29 is 23.8 Å². The van der Waals surface area contributed by atoms with Crippen LogP contribution in [0, 0.1) is 0 Å². The number of amides is 1. The Morgan fingerprint density at radius 2 is 1.56 bits per heavy atom. The van der Waals surface area contributed by atoms with E-state index in [-0.39, 0.29) is 5.91 Å². The van der Waals surface area contributed by atoms with Crippen molar-refractivity contribution in [2.75, 3.05) is 21.3 Å². The number of esters is 1. The van der Waals surface area contributed by atoms with E-state index in [9.17, 15) is 9.59 Å². The van der Waals surface area contributed by atoms with Crippen molar-refractivity contribution >= 4 is 18.1 Å². The van der Waals surface area contributed by atoms with Crippen LogP contribution in [0.4, 0.5) is 0 Å². The van der Waals surface area contributed by atoms with Gasteiger partial charge in [0, 0.05) is 5.56 Å². The van der Waals surface area contributed by atoms with Crippen LogP contribution in [0.2, 0.25) is 0 Å². The minimum absolute atomic E-state index is 0.385. The van der Waals surface area contributed by atoms with Gasteiger partial charge in [0.05, 0.1) is 33.1 Å². The Hall–Kier alpha value is -3.35. The maximum Gasteiger partial charge on any atom is 0.337 e. The van der Waals surface area contributed by atoms with Gasteiger partial charge >= 0.3 is 5.97 Å². The molecule has 0 fully saturated rings. The smallest absolute Gasteiger partial charge is 0.337 e.